The first-order chi connectivity index (χ1) is 13.1. The number of nitrogens with zero attached hydrogens (tertiary/aromatic N) is 1. The summed E-state index contributed by atoms with van der Waals surface area (Å²) in [7, 11) is 0. The van der Waals surface area contributed by atoms with Crippen molar-refractivity contribution in [3.8, 4) is 0 Å². The predicted octanol–water partition coefficient (Wildman–Crippen LogP) is 5.81. The molecule has 0 aliphatic carbocycles. The topological polar surface area (TPSA) is 38.5 Å². The van der Waals surface area contributed by atoms with E-state index < -0.39 is 0 Å². The molecule has 0 saturated carbocycles. The fourth-order valence-electron chi connectivity index (χ4n) is 5.26. The Morgan fingerprint density at radius 2 is 1.74 bits per heavy atom. The molecule has 2 heterocycles. The number of ether oxygens (including phenoxy) is 1. The molecular formula is C24H40N2O. The molecule has 152 valence electrons. The van der Waals surface area contributed by atoms with Crippen LogP contribution >= 0.6 is 0 Å². The largest absolute Gasteiger partial charge is 0.397 e. The normalized spacial score (nSPS) is 27.5. The number of hydrogen-bond acceptors (Lipinski definition) is 3. The zero-order chi connectivity index (χ0) is 19.2. The molecule has 0 bridgehead atoms. The van der Waals surface area contributed by atoms with E-state index in [1.165, 1.54) is 62.6 Å². The number of aryl methyl sites for hydroxylation is 1. The van der Waals surface area contributed by atoms with Gasteiger partial charge in [0.2, 0.25) is 0 Å². The van der Waals surface area contributed by atoms with Crippen molar-refractivity contribution >= 4 is 11.4 Å². The molecule has 2 fully saturated rings. The first-order valence-electron chi connectivity index (χ1n) is 11.3. The van der Waals surface area contributed by atoms with E-state index in [-0.39, 0.29) is 0 Å². The fraction of sp³-hybridized carbons (Fsp3) is 0.750. The lowest BCUT2D eigenvalue weighted by Crippen LogP contribution is -2.34. The van der Waals surface area contributed by atoms with Gasteiger partial charge in [0.25, 0.3) is 0 Å². The van der Waals surface area contributed by atoms with Crippen LogP contribution in [0, 0.1) is 11.8 Å². The molecule has 3 heteroatoms. The highest BCUT2D eigenvalue weighted by Crippen LogP contribution is 2.34. The molecule has 1 unspecified atom stereocenters. The van der Waals surface area contributed by atoms with Crippen LogP contribution in [0.1, 0.15) is 77.7 Å². The molecule has 0 aromatic heterocycles. The molecule has 2 aliphatic heterocycles. The van der Waals surface area contributed by atoms with E-state index >= 15 is 0 Å². The van der Waals surface area contributed by atoms with Crippen molar-refractivity contribution in [3.05, 3.63) is 23.8 Å². The van der Waals surface area contributed by atoms with Crippen LogP contribution in [0.15, 0.2) is 18.2 Å². The summed E-state index contributed by atoms with van der Waals surface area (Å²) in [5.74, 6) is 1.77. The second-order valence-electron chi connectivity index (χ2n) is 9.01. The van der Waals surface area contributed by atoms with Crippen LogP contribution in [0.3, 0.4) is 0 Å². The number of hydrogen-bond donors (Lipinski definition) is 1. The van der Waals surface area contributed by atoms with Crippen LogP contribution in [0.2, 0.25) is 0 Å². The first-order valence-corrected chi connectivity index (χ1v) is 11.3. The van der Waals surface area contributed by atoms with Crippen molar-refractivity contribution in [1.82, 2.24) is 0 Å². The van der Waals surface area contributed by atoms with Crippen molar-refractivity contribution in [2.24, 2.45) is 11.8 Å². The van der Waals surface area contributed by atoms with Gasteiger partial charge in [-0.2, -0.15) is 0 Å². The predicted molar refractivity (Wildman–Crippen MR) is 116 cm³/mol. The molecule has 27 heavy (non-hydrogen) atoms. The maximum absolute atomic E-state index is 6.31. The highest BCUT2D eigenvalue weighted by atomic mass is 16.5. The quantitative estimate of drug-likeness (QED) is 0.640. The molecule has 0 radical (unpaired) electrons. The van der Waals surface area contributed by atoms with E-state index in [0.717, 1.165) is 37.0 Å². The smallest absolute Gasteiger partial charge is 0.0632 e. The lowest BCUT2D eigenvalue weighted by molar-refractivity contribution is 0.0106. The van der Waals surface area contributed by atoms with Crippen LogP contribution in [0.4, 0.5) is 11.4 Å². The van der Waals surface area contributed by atoms with Crippen molar-refractivity contribution < 1.29 is 4.74 Å². The van der Waals surface area contributed by atoms with Crippen molar-refractivity contribution in [1.29, 1.82) is 0 Å². The lowest BCUT2D eigenvalue weighted by atomic mass is 9.86. The molecule has 2 N–H and O–H groups in total. The average molecular weight is 373 g/mol. The molecule has 0 spiro atoms. The van der Waals surface area contributed by atoms with Gasteiger partial charge in [-0.1, -0.05) is 38.3 Å². The minimum Gasteiger partial charge on any atom is -0.397 e. The van der Waals surface area contributed by atoms with E-state index in [2.05, 4.69) is 43.9 Å². The van der Waals surface area contributed by atoms with Gasteiger partial charge >= 0.3 is 0 Å². The number of rotatable bonds is 6. The summed E-state index contributed by atoms with van der Waals surface area (Å²) in [5.41, 5.74) is 9.96. The van der Waals surface area contributed by atoms with Crippen LogP contribution in [-0.2, 0) is 11.2 Å². The Hall–Kier alpha value is -1.22. The summed E-state index contributed by atoms with van der Waals surface area (Å²) in [4.78, 5) is 2.54. The summed E-state index contributed by atoms with van der Waals surface area (Å²) in [6, 6.07) is 6.37. The number of anilines is 2. The summed E-state index contributed by atoms with van der Waals surface area (Å²) < 4.78 is 6.00. The molecule has 1 aromatic carbocycles. The standard InChI is InChI=1S/C24H40N2O/c1-4-22-9-6-10-23(25)24(22)26-15-13-20(14-16-26)7-5-8-21-12-11-18(2)27-19(3)17-21/h6,9-10,18-21H,4-5,7-8,11-17,25H2,1-3H3/t18-,19+,21?/m0/s1. The maximum atomic E-state index is 6.31. The van der Waals surface area contributed by atoms with Gasteiger partial charge in [0.15, 0.2) is 0 Å². The molecule has 3 nitrogen and oxygen atoms in total. The SMILES string of the molecule is CCc1cccc(N)c1N1CCC(CCCC2CC[C@H](C)O[C@H](C)C2)CC1. The van der Waals surface area contributed by atoms with E-state index in [9.17, 15) is 0 Å². The number of nitrogen functional groups attached to an aromatic ring is 1. The van der Waals surface area contributed by atoms with Crippen LogP contribution in [0.5, 0.6) is 0 Å². The van der Waals surface area contributed by atoms with Crippen LogP contribution in [-0.4, -0.2) is 25.3 Å². The van der Waals surface area contributed by atoms with E-state index in [4.69, 9.17) is 10.5 Å². The summed E-state index contributed by atoms with van der Waals surface area (Å²) in [6.45, 7) is 9.04. The Labute approximate surface area is 166 Å². The Kier molecular flexibility index (Phi) is 7.46. The van der Waals surface area contributed by atoms with Crippen molar-refractivity contribution in [2.45, 2.75) is 90.8 Å². The number of benzene rings is 1. The monoisotopic (exact) mass is 372 g/mol. The van der Waals surface area contributed by atoms with Crippen molar-refractivity contribution in [2.75, 3.05) is 23.7 Å². The summed E-state index contributed by atoms with van der Waals surface area (Å²) in [6.07, 6.45) is 12.6. The number of para-hydroxylation sites is 1. The highest BCUT2D eigenvalue weighted by Gasteiger charge is 2.24. The fourth-order valence-corrected chi connectivity index (χ4v) is 5.26. The van der Waals surface area contributed by atoms with Crippen molar-refractivity contribution in [3.63, 3.8) is 0 Å². The third-order valence-corrected chi connectivity index (χ3v) is 6.80. The molecule has 3 rings (SSSR count). The van der Waals surface area contributed by atoms with Gasteiger partial charge in [0, 0.05) is 13.1 Å². The maximum Gasteiger partial charge on any atom is 0.0632 e. The van der Waals surface area contributed by atoms with Gasteiger partial charge in [0.05, 0.1) is 23.6 Å². The van der Waals surface area contributed by atoms with Crippen LogP contribution in [0.25, 0.3) is 0 Å². The summed E-state index contributed by atoms with van der Waals surface area (Å²) >= 11 is 0. The zero-order valence-corrected chi connectivity index (χ0v) is 17.8. The number of nitrogens with two attached hydrogens (primary N) is 1. The Morgan fingerprint density at radius 1 is 1.00 bits per heavy atom. The lowest BCUT2D eigenvalue weighted by Gasteiger charge is -2.35. The van der Waals surface area contributed by atoms with Gasteiger partial charge in [-0.05, 0) is 75.8 Å². The Balaban J connectivity index is 1.42. The average Bonchev–Trinajstić information content (AvgIpc) is 2.82. The second-order valence-corrected chi connectivity index (χ2v) is 9.01. The summed E-state index contributed by atoms with van der Waals surface area (Å²) in [5, 5.41) is 0. The molecule has 3 atom stereocenters. The first kappa shape index (κ1) is 20.5. The second kappa shape index (κ2) is 9.82. The minimum absolute atomic E-state index is 0.444. The number of piperidine rings is 1. The Morgan fingerprint density at radius 3 is 2.48 bits per heavy atom. The van der Waals surface area contributed by atoms with E-state index in [1.807, 2.05) is 0 Å². The van der Waals surface area contributed by atoms with E-state index in [0.29, 0.717) is 12.2 Å². The van der Waals surface area contributed by atoms with Gasteiger partial charge in [0.1, 0.15) is 0 Å². The van der Waals surface area contributed by atoms with Gasteiger partial charge in [-0.15, -0.1) is 0 Å². The van der Waals surface area contributed by atoms with Crippen LogP contribution < -0.4 is 10.6 Å². The highest BCUT2D eigenvalue weighted by molar-refractivity contribution is 5.71. The molecule has 1 aromatic rings. The molecule has 2 saturated heterocycles. The Bertz CT molecular complexity index is 580. The third-order valence-electron chi connectivity index (χ3n) is 6.80. The molecular weight excluding hydrogens is 332 g/mol. The van der Waals surface area contributed by atoms with Gasteiger partial charge < -0.3 is 15.4 Å². The molecule has 0 amide bonds. The molecule has 2 aliphatic rings. The minimum atomic E-state index is 0.444. The zero-order valence-electron chi connectivity index (χ0n) is 17.8. The van der Waals surface area contributed by atoms with E-state index in [1.54, 1.807) is 0 Å². The van der Waals surface area contributed by atoms with Gasteiger partial charge in [-0.25, -0.2) is 0 Å². The van der Waals surface area contributed by atoms with Gasteiger partial charge in [-0.3, -0.25) is 0 Å². The third kappa shape index (κ3) is 5.63.